The number of phenols is 3. The van der Waals surface area contributed by atoms with Crippen LogP contribution in [-0.2, 0) is 0 Å². The molecule has 1 heterocycles. The lowest BCUT2D eigenvalue weighted by atomic mass is 10.1. The second kappa shape index (κ2) is 11.2. The SMILES string of the molecule is C.C.O=C(CCBr)c1ccc(O)cc1O.O=C1CCOc2cc(O)ccc21. The van der Waals surface area contributed by atoms with E-state index < -0.39 is 0 Å². The number of Topliss-reactive ketones (excluding diaryl/α,β-unsaturated/α-hetero) is 2. The molecule has 27 heavy (non-hydrogen) atoms. The Balaban J connectivity index is 0.000000467. The Hall–Kier alpha value is -2.54. The van der Waals surface area contributed by atoms with Crippen LogP contribution in [0.1, 0.15) is 48.4 Å². The first-order chi connectivity index (χ1) is 11.9. The van der Waals surface area contributed by atoms with Gasteiger partial charge in [0.05, 0.1) is 17.7 Å². The molecule has 1 aliphatic rings. The number of hydrogen-bond acceptors (Lipinski definition) is 6. The van der Waals surface area contributed by atoms with Crippen LogP contribution < -0.4 is 4.74 Å². The summed E-state index contributed by atoms with van der Waals surface area (Å²) >= 11 is 3.13. The van der Waals surface area contributed by atoms with Gasteiger partial charge in [0.1, 0.15) is 23.0 Å². The molecule has 2 aromatic rings. The lowest BCUT2D eigenvalue weighted by Gasteiger charge is -2.15. The Kier molecular flexibility index (Phi) is 10.2. The second-order valence-corrected chi connectivity index (χ2v) is 6.06. The minimum atomic E-state index is -0.175. The average Bonchev–Trinajstić information content (AvgIpc) is 2.55. The van der Waals surface area contributed by atoms with Crippen molar-refractivity contribution in [2.45, 2.75) is 27.7 Å². The topological polar surface area (TPSA) is 104 Å². The molecule has 0 amide bonds. The Labute approximate surface area is 167 Å². The van der Waals surface area contributed by atoms with E-state index in [4.69, 9.17) is 14.9 Å². The Bertz CT molecular complexity index is 788. The quantitative estimate of drug-likeness (QED) is 0.472. The van der Waals surface area contributed by atoms with Gasteiger partial charge >= 0.3 is 0 Å². The summed E-state index contributed by atoms with van der Waals surface area (Å²) in [5.74, 6) is 0.333. The van der Waals surface area contributed by atoms with E-state index in [1.807, 2.05) is 0 Å². The zero-order chi connectivity index (χ0) is 18.4. The average molecular weight is 441 g/mol. The van der Waals surface area contributed by atoms with Gasteiger partial charge in [0.2, 0.25) is 0 Å². The molecule has 148 valence electrons. The van der Waals surface area contributed by atoms with Gasteiger partial charge in [0, 0.05) is 30.3 Å². The number of ether oxygens (including phenoxy) is 1. The summed E-state index contributed by atoms with van der Waals surface area (Å²) in [4.78, 5) is 22.5. The zero-order valence-electron chi connectivity index (χ0n) is 13.2. The van der Waals surface area contributed by atoms with E-state index in [1.165, 1.54) is 24.3 Å². The lowest BCUT2D eigenvalue weighted by Crippen LogP contribution is -2.14. The van der Waals surface area contributed by atoms with Crippen molar-refractivity contribution in [2.24, 2.45) is 0 Å². The third-order valence-corrected chi connectivity index (χ3v) is 3.85. The maximum Gasteiger partial charge on any atom is 0.169 e. The van der Waals surface area contributed by atoms with Crippen molar-refractivity contribution in [3.63, 3.8) is 0 Å². The number of rotatable bonds is 3. The number of alkyl halides is 1. The van der Waals surface area contributed by atoms with Crippen LogP contribution in [0.2, 0.25) is 0 Å². The zero-order valence-corrected chi connectivity index (χ0v) is 14.8. The highest BCUT2D eigenvalue weighted by atomic mass is 79.9. The minimum absolute atomic E-state index is 0. The molecule has 0 unspecified atom stereocenters. The summed E-state index contributed by atoms with van der Waals surface area (Å²) in [5, 5.41) is 27.9. The summed E-state index contributed by atoms with van der Waals surface area (Å²) in [6, 6.07) is 8.49. The van der Waals surface area contributed by atoms with E-state index in [9.17, 15) is 14.7 Å². The molecule has 0 bridgehead atoms. The first-order valence-corrected chi connectivity index (χ1v) is 8.64. The van der Waals surface area contributed by atoms with Crippen molar-refractivity contribution in [3.8, 4) is 23.0 Å². The number of ketones is 2. The van der Waals surface area contributed by atoms with Crippen molar-refractivity contribution >= 4 is 27.5 Å². The van der Waals surface area contributed by atoms with Gasteiger partial charge < -0.3 is 20.1 Å². The van der Waals surface area contributed by atoms with Crippen LogP contribution in [0, 0.1) is 0 Å². The van der Waals surface area contributed by atoms with Gasteiger partial charge in [0.15, 0.2) is 11.6 Å². The van der Waals surface area contributed by atoms with E-state index in [-0.39, 0.29) is 49.2 Å². The summed E-state index contributed by atoms with van der Waals surface area (Å²) in [6.07, 6.45) is 0.760. The van der Waals surface area contributed by atoms with Crippen LogP contribution in [0.4, 0.5) is 0 Å². The van der Waals surface area contributed by atoms with E-state index in [0.717, 1.165) is 6.07 Å². The van der Waals surface area contributed by atoms with Crippen LogP contribution in [-0.4, -0.2) is 38.8 Å². The summed E-state index contributed by atoms with van der Waals surface area (Å²) in [5.41, 5.74) is 0.816. The predicted molar refractivity (Wildman–Crippen MR) is 109 cm³/mol. The molecule has 0 aliphatic carbocycles. The molecular formula is C20H25BrO6. The molecule has 3 N–H and O–H groups in total. The highest BCUT2D eigenvalue weighted by Gasteiger charge is 2.18. The second-order valence-electron chi connectivity index (χ2n) is 5.27. The van der Waals surface area contributed by atoms with Gasteiger partial charge in [-0.3, -0.25) is 9.59 Å². The maximum atomic E-state index is 11.3. The summed E-state index contributed by atoms with van der Waals surface area (Å²) < 4.78 is 5.19. The number of carbonyl (C=O) groups is 2. The summed E-state index contributed by atoms with van der Waals surface area (Å²) in [6.45, 7) is 0.412. The molecule has 6 nitrogen and oxygen atoms in total. The van der Waals surface area contributed by atoms with E-state index in [2.05, 4.69) is 15.9 Å². The number of fused-ring (bicyclic) bond motifs is 1. The Morgan fingerprint density at radius 1 is 1.04 bits per heavy atom. The fraction of sp³-hybridized carbons (Fsp3) is 0.300. The molecule has 0 saturated heterocycles. The molecular weight excluding hydrogens is 416 g/mol. The highest BCUT2D eigenvalue weighted by Crippen LogP contribution is 2.28. The molecule has 0 spiro atoms. The number of hydrogen-bond donors (Lipinski definition) is 3. The van der Waals surface area contributed by atoms with Gasteiger partial charge in [0.25, 0.3) is 0 Å². The van der Waals surface area contributed by atoms with E-state index >= 15 is 0 Å². The fourth-order valence-electron chi connectivity index (χ4n) is 2.23. The molecule has 0 atom stereocenters. The van der Waals surface area contributed by atoms with Crippen molar-refractivity contribution in [2.75, 3.05) is 11.9 Å². The molecule has 3 rings (SSSR count). The van der Waals surface area contributed by atoms with E-state index in [1.54, 1.807) is 6.07 Å². The number of aromatic hydroxyl groups is 3. The third-order valence-electron chi connectivity index (χ3n) is 3.46. The lowest BCUT2D eigenvalue weighted by molar-refractivity contribution is 0.0932. The van der Waals surface area contributed by atoms with Gasteiger partial charge in [-0.15, -0.1) is 0 Å². The summed E-state index contributed by atoms with van der Waals surface area (Å²) in [7, 11) is 0. The number of benzene rings is 2. The van der Waals surface area contributed by atoms with Crippen LogP contribution in [0.25, 0.3) is 0 Å². The molecule has 0 saturated carbocycles. The first kappa shape index (κ1) is 24.5. The van der Waals surface area contributed by atoms with Gasteiger partial charge in [-0.05, 0) is 24.3 Å². The van der Waals surface area contributed by atoms with Crippen LogP contribution in [0.5, 0.6) is 23.0 Å². The van der Waals surface area contributed by atoms with Gasteiger partial charge in [-0.25, -0.2) is 0 Å². The van der Waals surface area contributed by atoms with E-state index in [0.29, 0.717) is 36.1 Å². The Morgan fingerprint density at radius 2 is 1.67 bits per heavy atom. The predicted octanol–water partition coefficient (Wildman–Crippen LogP) is 4.70. The standard InChI is InChI=1S/C9H9BrO3.C9H8O3.2CH4/c10-4-3-8(12)7-2-1-6(11)5-9(7)13;10-6-1-2-7-8(11)3-4-12-9(7)5-6;;/h1-2,5,11,13H,3-4H2;1-2,5,10H,3-4H2;2*1H4. The van der Waals surface area contributed by atoms with Crippen molar-refractivity contribution < 1.29 is 29.6 Å². The molecule has 0 radical (unpaired) electrons. The first-order valence-electron chi connectivity index (χ1n) is 7.52. The van der Waals surface area contributed by atoms with Crippen molar-refractivity contribution in [3.05, 3.63) is 47.5 Å². The van der Waals surface area contributed by atoms with Crippen LogP contribution >= 0.6 is 15.9 Å². The number of phenolic OH excluding ortho intramolecular Hbond substituents is 3. The van der Waals surface area contributed by atoms with Crippen molar-refractivity contribution in [1.29, 1.82) is 0 Å². The van der Waals surface area contributed by atoms with Crippen LogP contribution in [0.3, 0.4) is 0 Å². The van der Waals surface area contributed by atoms with Gasteiger partial charge in [-0.1, -0.05) is 30.8 Å². The highest BCUT2D eigenvalue weighted by molar-refractivity contribution is 9.09. The van der Waals surface area contributed by atoms with Crippen LogP contribution in [0.15, 0.2) is 36.4 Å². The minimum Gasteiger partial charge on any atom is -0.508 e. The largest absolute Gasteiger partial charge is 0.508 e. The third kappa shape index (κ3) is 6.60. The number of halogens is 1. The maximum absolute atomic E-state index is 11.3. The fourth-order valence-corrected chi connectivity index (χ4v) is 2.59. The molecule has 7 heteroatoms. The van der Waals surface area contributed by atoms with Gasteiger partial charge in [-0.2, -0.15) is 0 Å². The molecule has 0 aromatic heterocycles. The normalized spacial score (nSPS) is 11.5. The molecule has 1 aliphatic heterocycles. The monoisotopic (exact) mass is 440 g/mol. The van der Waals surface area contributed by atoms with Crippen molar-refractivity contribution in [1.82, 2.24) is 0 Å². The molecule has 0 fully saturated rings. The number of carbonyl (C=O) groups excluding carboxylic acids is 2. The molecule has 2 aromatic carbocycles. The Morgan fingerprint density at radius 3 is 2.30 bits per heavy atom. The smallest absolute Gasteiger partial charge is 0.169 e.